The zero-order chi connectivity index (χ0) is 13.8. The minimum atomic E-state index is 0.186. The van der Waals surface area contributed by atoms with E-state index in [1.54, 1.807) is 6.20 Å². The molecule has 106 valence electrons. The van der Waals surface area contributed by atoms with Gasteiger partial charge in [0.1, 0.15) is 5.69 Å². The van der Waals surface area contributed by atoms with E-state index in [-0.39, 0.29) is 17.7 Å². The first kappa shape index (κ1) is 14.8. The van der Waals surface area contributed by atoms with Gasteiger partial charge in [-0.25, -0.2) is 0 Å². The molecule has 0 atom stereocenters. The van der Waals surface area contributed by atoms with Crippen LogP contribution in [-0.2, 0) is 0 Å². The summed E-state index contributed by atoms with van der Waals surface area (Å²) < 4.78 is 2.69. The molecule has 0 aliphatic heterocycles. The van der Waals surface area contributed by atoms with Gasteiger partial charge in [0.05, 0.1) is 10.7 Å². The molecule has 3 nitrogen and oxygen atoms in total. The second kappa shape index (κ2) is 6.69. The van der Waals surface area contributed by atoms with Crippen LogP contribution in [0.4, 0.5) is 0 Å². The van der Waals surface area contributed by atoms with Crippen LogP contribution in [0.5, 0.6) is 0 Å². The first-order valence-electron chi connectivity index (χ1n) is 7.38. The Hall–Kier alpha value is -0.640. The van der Waals surface area contributed by atoms with Gasteiger partial charge in [0.2, 0.25) is 0 Å². The Morgan fingerprint density at radius 1 is 1.26 bits per heavy atom. The van der Waals surface area contributed by atoms with Gasteiger partial charge in [0.25, 0.3) is 0 Å². The van der Waals surface area contributed by atoms with Crippen LogP contribution in [0.25, 0.3) is 0 Å². The molecule has 1 aromatic heterocycles. The summed E-state index contributed by atoms with van der Waals surface area (Å²) in [6.45, 7) is 4.13. The standard InChI is InChI=1S/C15H23BrN2O/c1-11(2)18-14(13(16)10-17-18)15(19)12-8-6-4-3-5-7-9-12/h10-12H,3-9H2,1-2H3. The topological polar surface area (TPSA) is 34.9 Å². The van der Waals surface area contributed by atoms with Gasteiger partial charge in [-0.2, -0.15) is 5.10 Å². The summed E-state index contributed by atoms with van der Waals surface area (Å²) >= 11 is 3.48. The maximum absolute atomic E-state index is 12.8. The van der Waals surface area contributed by atoms with Crippen LogP contribution in [-0.4, -0.2) is 15.6 Å². The summed E-state index contributed by atoms with van der Waals surface area (Å²) in [4.78, 5) is 12.8. The van der Waals surface area contributed by atoms with Gasteiger partial charge in [-0.05, 0) is 42.6 Å². The molecule has 0 amide bonds. The highest BCUT2D eigenvalue weighted by molar-refractivity contribution is 9.10. The minimum absolute atomic E-state index is 0.186. The predicted octanol–water partition coefficient (Wildman–Crippen LogP) is 4.77. The van der Waals surface area contributed by atoms with Crippen LogP contribution >= 0.6 is 15.9 Å². The molecule has 0 bridgehead atoms. The fourth-order valence-electron chi connectivity index (χ4n) is 2.88. The average Bonchev–Trinajstić information content (AvgIpc) is 2.70. The number of carbonyl (C=O) groups excluding carboxylic acids is 1. The van der Waals surface area contributed by atoms with Gasteiger partial charge in [-0.1, -0.05) is 32.1 Å². The molecule has 19 heavy (non-hydrogen) atoms. The first-order chi connectivity index (χ1) is 9.11. The van der Waals surface area contributed by atoms with Crippen LogP contribution < -0.4 is 0 Å². The number of halogens is 1. The van der Waals surface area contributed by atoms with Gasteiger partial charge in [0, 0.05) is 12.0 Å². The van der Waals surface area contributed by atoms with Crippen LogP contribution in [0.1, 0.15) is 75.3 Å². The maximum atomic E-state index is 12.8. The van der Waals surface area contributed by atoms with E-state index >= 15 is 0 Å². The molecule has 2 rings (SSSR count). The second-order valence-electron chi connectivity index (χ2n) is 5.79. The summed E-state index contributed by atoms with van der Waals surface area (Å²) in [5.41, 5.74) is 0.764. The third kappa shape index (κ3) is 3.47. The SMILES string of the molecule is CC(C)n1ncc(Br)c1C(=O)C1CCCCCCC1. The minimum Gasteiger partial charge on any atom is -0.292 e. The highest BCUT2D eigenvalue weighted by Gasteiger charge is 2.26. The van der Waals surface area contributed by atoms with Gasteiger partial charge < -0.3 is 0 Å². The molecule has 1 aliphatic carbocycles. The summed E-state index contributed by atoms with van der Waals surface area (Å²) in [7, 11) is 0. The lowest BCUT2D eigenvalue weighted by Crippen LogP contribution is -2.21. The third-order valence-electron chi connectivity index (χ3n) is 3.95. The van der Waals surface area contributed by atoms with E-state index < -0.39 is 0 Å². The highest BCUT2D eigenvalue weighted by Crippen LogP contribution is 2.29. The van der Waals surface area contributed by atoms with Crippen LogP contribution in [0.3, 0.4) is 0 Å². The van der Waals surface area contributed by atoms with Crippen molar-refractivity contribution >= 4 is 21.7 Å². The number of hydrogen-bond donors (Lipinski definition) is 0. The molecule has 0 saturated heterocycles. The monoisotopic (exact) mass is 326 g/mol. The van der Waals surface area contributed by atoms with Crippen molar-refractivity contribution in [3.8, 4) is 0 Å². The van der Waals surface area contributed by atoms with Gasteiger partial charge in [-0.3, -0.25) is 9.48 Å². The Morgan fingerprint density at radius 2 is 1.84 bits per heavy atom. The molecule has 0 radical (unpaired) electrons. The molecule has 1 aliphatic rings. The summed E-state index contributed by atoms with van der Waals surface area (Å²) in [6, 6.07) is 0.221. The van der Waals surface area contributed by atoms with E-state index in [0.717, 1.165) is 23.0 Å². The lowest BCUT2D eigenvalue weighted by Gasteiger charge is -2.20. The molecule has 0 spiro atoms. The van der Waals surface area contributed by atoms with E-state index in [1.165, 1.54) is 32.1 Å². The van der Waals surface area contributed by atoms with Gasteiger partial charge >= 0.3 is 0 Å². The molecule has 0 N–H and O–H groups in total. The van der Waals surface area contributed by atoms with Crippen molar-refractivity contribution in [1.82, 2.24) is 9.78 Å². The summed E-state index contributed by atoms with van der Waals surface area (Å²) in [5, 5.41) is 4.32. The van der Waals surface area contributed by atoms with Crippen molar-refractivity contribution in [2.24, 2.45) is 5.92 Å². The Labute approximate surface area is 123 Å². The number of aromatic nitrogens is 2. The van der Waals surface area contributed by atoms with E-state index in [2.05, 4.69) is 34.9 Å². The van der Waals surface area contributed by atoms with Crippen LogP contribution in [0, 0.1) is 5.92 Å². The quantitative estimate of drug-likeness (QED) is 0.750. The predicted molar refractivity (Wildman–Crippen MR) is 80.5 cm³/mol. The van der Waals surface area contributed by atoms with Crippen molar-refractivity contribution in [1.29, 1.82) is 0 Å². The van der Waals surface area contributed by atoms with Crippen LogP contribution in [0.2, 0.25) is 0 Å². The third-order valence-corrected chi connectivity index (χ3v) is 4.53. The van der Waals surface area contributed by atoms with Crippen LogP contribution in [0.15, 0.2) is 10.7 Å². The molecule has 0 aromatic carbocycles. The Morgan fingerprint density at radius 3 is 2.42 bits per heavy atom. The Bertz CT molecular complexity index is 431. The number of rotatable bonds is 3. The zero-order valence-corrected chi connectivity index (χ0v) is 13.4. The molecule has 1 aromatic rings. The number of Topliss-reactive ketones (excluding diaryl/α,β-unsaturated/α-hetero) is 1. The smallest absolute Gasteiger partial charge is 0.185 e. The van der Waals surface area contributed by atoms with E-state index in [4.69, 9.17) is 0 Å². The second-order valence-corrected chi connectivity index (χ2v) is 6.64. The molecule has 4 heteroatoms. The zero-order valence-electron chi connectivity index (χ0n) is 11.9. The molecule has 1 heterocycles. The molecule has 1 fully saturated rings. The molecule has 0 unspecified atom stereocenters. The molecular weight excluding hydrogens is 304 g/mol. The van der Waals surface area contributed by atoms with E-state index in [0.29, 0.717) is 0 Å². The fourth-order valence-corrected chi connectivity index (χ4v) is 3.34. The number of nitrogens with zero attached hydrogens (tertiary/aromatic N) is 2. The summed E-state index contributed by atoms with van der Waals surface area (Å²) in [5.74, 6) is 0.464. The molecular formula is C15H23BrN2O. The lowest BCUT2D eigenvalue weighted by molar-refractivity contribution is 0.0884. The van der Waals surface area contributed by atoms with Crippen molar-refractivity contribution in [2.75, 3.05) is 0 Å². The van der Waals surface area contributed by atoms with Crippen molar-refractivity contribution in [3.05, 3.63) is 16.4 Å². The lowest BCUT2D eigenvalue weighted by atomic mass is 9.87. The number of ketones is 1. The first-order valence-corrected chi connectivity index (χ1v) is 8.17. The van der Waals surface area contributed by atoms with Gasteiger partial charge in [-0.15, -0.1) is 0 Å². The largest absolute Gasteiger partial charge is 0.292 e. The van der Waals surface area contributed by atoms with E-state index in [9.17, 15) is 4.79 Å². The normalized spacial score (nSPS) is 18.3. The highest BCUT2D eigenvalue weighted by atomic mass is 79.9. The van der Waals surface area contributed by atoms with Crippen molar-refractivity contribution in [2.45, 2.75) is 64.8 Å². The number of carbonyl (C=O) groups is 1. The number of hydrogen-bond acceptors (Lipinski definition) is 2. The Balaban J connectivity index is 2.20. The van der Waals surface area contributed by atoms with Crippen molar-refractivity contribution in [3.63, 3.8) is 0 Å². The Kier molecular flexibility index (Phi) is 5.20. The van der Waals surface area contributed by atoms with Crippen molar-refractivity contribution < 1.29 is 4.79 Å². The average molecular weight is 327 g/mol. The summed E-state index contributed by atoms with van der Waals surface area (Å²) in [6.07, 6.45) is 10.1. The fraction of sp³-hybridized carbons (Fsp3) is 0.733. The molecule has 1 saturated carbocycles. The van der Waals surface area contributed by atoms with Gasteiger partial charge in [0.15, 0.2) is 5.78 Å². The maximum Gasteiger partial charge on any atom is 0.185 e. The van der Waals surface area contributed by atoms with E-state index in [1.807, 2.05) is 4.68 Å².